The van der Waals surface area contributed by atoms with Crippen LogP contribution in [0.2, 0.25) is 0 Å². The van der Waals surface area contributed by atoms with Crippen molar-refractivity contribution in [1.29, 1.82) is 0 Å². The summed E-state index contributed by atoms with van der Waals surface area (Å²) in [7, 11) is 0. The molecule has 0 aliphatic heterocycles. The standard InChI is InChI=1S/C15H12BrN3O2/c1-10-8-11(16)5-6-13(10)20-9-14-18-15(19-21-14)12-4-2-3-7-17-12/h2-8H,9H2,1H3. The molecule has 0 fully saturated rings. The average molecular weight is 346 g/mol. The van der Waals surface area contributed by atoms with Crippen LogP contribution in [0.1, 0.15) is 11.5 Å². The van der Waals surface area contributed by atoms with Gasteiger partial charge in [0, 0.05) is 10.7 Å². The first kappa shape index (κ1) is 13.8. The Labute approximate surface area is 130 Å². The van der Waals surface area contributed by atoms with Gasteiger partial charge in [-0.25, -0.2) is 0 Å². The van der Waals surface area contributed by atoms with E-state index in [1.54, 1.807) is 6.20 Å². The molecule has 0 amide bonds. The van der Waals surface area contributed by atoms with Gasteiger partial charge in [-0.3, -0.25) is 4.98 Å². The highest BCUT2D eigenvalue weighted by atomic mass is 79.9. The fraction of sp³-hybridized carbons (Fsp3) is 0.133. The van der Waals surface area contributed by atoms with Crippen LogP contribution in [0, 0.1) is 6.92 Å². The van der Waals surface area contributed by atoms with Gasteiger partial charge in [0.15, 0.2) is 6.61 Å². The van der Waals surface area contributed by atoms with Gasteiger partial charge in [-0.2, -0.15) is 4.98 Å². The zero-order valence-electron chi connectivity index (χ0n) is 11.3. The Morgan fingerprint density at radius 1 is 1.24 bits per heavy atom. The molecule has 2 aromatic heterocycles. The van der Waals surface area contributed by atoms with Crippen LogP contribution in [0.3, 0.4) is 0 Å². The first-order valence-electron chi connectivity index (χ1n) is 6.35. The van der Waals surface area contributed by atoms with Crippen LogP contribution in [0.15, 0.2) is 51.6 Å². The van der Waals surface area contributed by atoms with Crippen molar-refractivity contribution in [2.45, 2.75) is 13.5 Å². The highest BCUT2D eigenvalue weighted by Crippen LogP contribution is 2.23. The summed E-state index contributed by atoms with van der Waals surface area (Å²) in [6, 6.07) is 11.4. The number of aryl methyl sites for hydroxylation is 1. The molecule has 3 rings (SSSR count). The lowest BCUT2D eigenvalue weighted by atomic mass is 10.2. The second kappa shape index (κ2) is 6.05. The van der Waals surface area contributed by atoms with E-state index < -0.39 is 0 Å². The lowest BCUT2D eigenvalue weighted by Crippen LogP contribution is -1.97. The number of halogens is 1. The van der Waals surface area contributed by atoms with Crippen molar-refractivity contribution in [2.75, 3.05) is 0 Å². The van der Waals surface area contributed by atoms with E-state index in [-0.39, 0.29) is 6.61 Å². The maximum Gasteiger partial charge on any atom is 0.264 e. The summed E-state index contributed by atoms with van der Waals surface area (Å²) in [6.07, 6.45) is 1.69. The molecular weight excluding hydrogens is 334 g/mol. The van der Waals surface area contributed by atoms with Gasteiger partial charge >= 0.3 is 0 Å². The Balaban J connectivity index is 1.70. The Hall–Kier alpha value is -2.21. The van der Waals surface area contributed by atoms with Gasteiger partial charge in [0.1, 0.15) is 11.4 Å². The maximum absolute atomic E-state index is 5.69. The summed E-state index contributed by atoms with van der Waals surface area (Å²) in [5.41, 5.74) is 1.71. The number of hydrogen-bond acceptors (Lipinski definition) is 5. The van der Waals surface area contributed by atoms with E-state index in [2.05, 4.69) is 31.1 Å². The van der Waals surface area contributed by atoms with Crippen molar-refractivity contribution in [3.8, 4) is 17.3 Å². The zero-order chi connectivity index (χ0) is 14.7. The largest absolute Gasteiger partial charge is 0.483 e. The third kappa shape index (κ3) is 3.28. The summed E-state index contributed by atoms with van der Waals surface area (Å²) in [5.74, 6) is 1.66. The molecule has 0 aliphatic rings. The predicted molar refractivity (Wildman–Crippen MR) is 80.7 cm³/mol. The molecule has 5 nitrogen and oxygen atoms in total. The Kier molecular flexibility index (Phi) is 3.96. The van der Waals surface area contributed by atoms with Crippen molar-refractivity contribution >= 4 is 15.9 Å². The number of benzene rings is 1. The monoisotopic (exact) mass is 345 g/mol. The fourth-order valence-electron chi connectivity index (χ4n) is 1.83. The second-order valence-corrected chi connectivity index (χ2v) is 5.34. The van der Waals surface area contributed by atoms with Crippen molar-refractivity contribution in [1.82, 2.24) is 15.1 Å². The summed E-state index contributed by atoms with van der Waals surface area (Å²) < 4.78 is 11.9. The topological polar surface area (TPSA) is 61.0 Å². The second-order valence-electron chi connectivity index (χ2n) is 4.43. The summed E-state index contributed by atoms with van der Waals surface area (Å²) in [5, 5.41) is 3.90. The number of rotatable bonds is 4. The number of aromatic nitrogens is 3. The van der Waals surface area contributed by atoms with Crippen LogP contribution < -0.4 is 4.74 Å². The molecule has 0 spiro atoms. The molecule has 0 bridgehead atoms. The van der Waals surface area contributed by atoms with E-state index >= 15 is 0 Å². The number of nitrogens with zero attached hydrogens (tertiary/aromatic N) is 3. The molecule has 21 heavy (non-hydrogen) atoms. The smallest absolute Gasteiger partial charge is 0.264 e. The SMILES string of the molecule is Cc1cc(Br)ccc1OCc1nc(-c2ccccn2)no1. The molecule has 0 saturated heterocycles. The van der Waals surface area contributed by atoms with E-state index in [0.717, 1.165) is 15.8 Å². The van der Waals surface area contributed by atoms with Crippen LogP contribution in [0.5, 0.6) is 5.75 Å². The number of hydrogen-bond donors (Lipinski definition) is 0. The molecule has 0 saturated carbocycles. The van der Waals surface area contributed by atoms with Gasteiger partial charge in [-0.05, 0) is 42.8 Å². The molecule has 0 unspecified atom stereocenters. The van der Waals surface area contributed by atoms with Gasteiger partial charge in [0.2, 0.25) is 5.82 Å². The summed E-state index contributed by atoms with van der Waals surface area (Å²) in [6.45, 7) is 2.20. The third-order valence-corrected chi connectivity index (χ3v) is 3.34. The van der Waals surface area contributed by atoms with Crippen LogP contribution >= 0.6 is 15.9 Å². The van der Waals surface area contributed by atoms with Crippen molar-refractivity contribution < 1.29 is 9.26 Å². The lowest BCUT2D eigenvalue weighted by molar-refractivity contribution is 0.241. The molecule has 2 heterocycles. The lowest BCUT2D eigenvalue weighted by Gasteiger charge is -2.06. The minimum atomic E-state index is 0.225. The van der Waals surface area contributed by atoms with Gasteiger partial charge in [-0.15, -0.1) is 0 Å². The van der Waals surface area contributed by atoms with Crippen LogP contribution in [-0.4, -0.2) is 15.1 Å². The highest BCUT2D eigenvalue weighted by Gasteiger charge is 2.10. The maximum atomic E-state index is 5.69. The predicted octanol–water partition coefficient (Wildman–Crippen LogP) is 3.78. The molecule has 0 aliphatic carbocycles. The summed E-state index contributed by atoms with van der Waals surface area (Å²) >= 11 is 3.42. The third-order valence-electron chi connectivity index (χ3n) is 2.85. The van der Waals surface area contributed by atoms with Crippen LogP contribution in [0.4, 0.5) is 0 Å². The van der Waals surface area contributed by atoms with Gasteiger partial charge < -0.3 is 9.26 Å². The van der Waals surface area contributed by atoms with Gasteiger partial charge in [0.25, 0.3) is 5.89 Å². The van der Waals surface area contributed by atoms with Crippen LogP contribution in [0.25, 0.3) is 11.5 Å². The summed E-state index contributed by atoms with van der Waals surface area (Å²) in [4.78, 5) is 8.44. The molecule has 0 radical (unpaired) electrons. The molecule has 106 valence electrons. The Morgan fingerprint density at radius 3 is 2.90 bits per heavy atom. The Morgan fingerprint density at radius 2 is 2.14 bits per heavy atom. The van der Waals surface area contributed by atoms with Crippen LogP contribution in [-0.2, 0) is 6.61 Å². The molecule has 6 heteroatoms. The normalized spacial score (nSPS) is 10.6. The van der Waals surface area contributed by atoms with E-state index in [1.165, 1.54) is 0 Å². The average Bonchev–Trinajstić information content (AvgIpc) is 2.96. The first-order valence-corrected chi connectivity index (χ1v) is 7.14. The number of pyridine rings is 1. The number of ether oxygens (including phenoxy) is 1. The molecule has 0 N–H and O–H groups in total. The van der Waals surface area contributed by atoms with E-state index in [1.807, 2.05) is 43.3 Å². The minimum absolute atomic E-state index is 0.225. The molecule has 3 aromatic rings. The molecule has 1 aromatic carbocycles. The molecule has 0 atom stereocenters. The van der Waals surface area contributed by atoms with Gasteiger partial charge in [-0.1, -0.05) is 27.2 Å². The van der Waals surface area contributed by atoms with E-state index in [4.69, 9.17) is 9.26 Å². The first-order chi connectivity index (χ1) is 10.2. The Bertz CT molecular complexity index is 744. The molecular formula is C15H12BrN3O2. The van der Waals surface area contributed by atoms with Crippen molar-refractivity contribution in [3.05, 3.63) is 58.5 Å². The van der Waals surface area contributed by atoms with E-state index in [9.17, 15) is 0 Å². The minimum Gasteiger partial charge on any atom is -0.483 e. The van der Waals surface area contributed by atoms with Crippen molar-refractivity contribution in [2.24, 2.45) is 0 Å². The van der Waals surface area contributed by atoms with Crippen molar-refractivity contribution in [3.63, 3.8) is 0 Å². The highest BCUT2D eigenvalue weighted by molar-refractivity contribution is 9.10. The van der Waals surface area contributed by atoms with Gasteiger partial charge in [0.05, 0.1) is 0 Å². The fourth-order valence-corrected chi connectivity index (χ4v) is 2.30. The zero-order valence-corrected chi connectivity index (χ0v) is 12.9. The van der Waals surface area contributed by atoms with E-state index in [0.29, 0.717) is 17.4 Å². The quantitative estimate of drug-likeness (QED) is 0.719.